The quantitative estimate of drug-likeness (QED) is 0.613. The highest BCUT2D eigenvalue weighted by Crippen LogP contribution is 2.18. The monoisotopic (exact) mass is 302 g/mol. The van der Waals surface area contributed by atoms with E-state index in [0.29, 0.717) is 5.75 Å². The largest absolute Gasteiger partial charge is 0.482 e. The fourth-order valence-corrected chi connectivity index (χ4v) is 1.69. The molecule has 0 aromatic heterocycles. The number of carbonyl (C=O) groups excluding carboxylic acids is 2. The third-order valence-corrected chi connectivity index (χ3v) is 2.95. The Labute approximate surface area is 129 Å². The van der Waals surface area contributed by atoms with E-state index in [1.165, 1.54) is 6.92 Å². The molecule has 0 heterocycles. The van der Waals surface area contributed by atoms with E-state index in [1.54, 1.807) is 12.1 Å². The molecule has 0 spiro atoms. The van der Waals surface area contributed by atoms with Crippen molar-refractivity contribution < 1.29 is 19.1 Å². The van der Waals surface area contributed by atoms with Gasteiger partial charge in [0.2, 0.25) is 0 Å². The summed E-state index contributed by atoms with van der Waals surface area (Å²) >= 11 is 0. The van der Waals surface area contributed by atoms with Crippen LogP contribution in [0.5, 0.6) is 5.75 Å². The van der Waals surface area contributed by atoms with Gasteiger partial charge in [-0.05, 0) is 38.0 Å². The molecule has 0 aliphatic rings. The number of nitrogens with one attached hydrogen (secondary N) is 1. The molecule has 0 aliphatic carbocycles. The number of nitrogens with zero attached hydrogens (tertiary/aromatic N) is 1. The van der Waals surface area contributed by atoms with Gasteiger partial charge in [0.25, 0.3) is 0 Å². The molecular weight excluding hydrogens is 284 g/mol. The van der Waals surface area contributed by atoms with Crippen LogP contribution in [-0.4, -0.2) is 30.7 Å². The molecule has 0 unspecified atom stereocenters. The van der Waals surface area contributed by atoms with Gasteiger partial charge in [0, 0.05) is 5.71 Å². The topological polar surface area (TPSA) is 100 Å². The Morgan fingerprint density at radius 1 is 1.32 bits per heavy atom. The number of hydrogen-bond donors (Lipinski definition) is 1. The molecule has 1 rings (SSSR count). The van der Waals surface area contributed by atoms with Crippen molar-refractivity contribution in [3.05, 3.63) is 29.3 Å². The van der Waals surface area contributed by atoms with Gasteiger partial charge < -0.3 is 14.9 Å². The SMILES string of the molecule is CC(=N)[C@@H](C#N)C(=O)COC(=O)COc1cc(C)ccc1C. The summed E-state index contributed by atoms with van der Waals surface area (Å²) in [5.74, 6) is -1.91. The van der Waals surface area contributed by atoms with E-state index in [0.717, 1.165) is 11.1 Å². The molecule has 6 heteroatoms. The minimum atomic E-state index is -1.17. The smallest absolute Gasteiger partial charge is 0.344 e. The third kappa shape index (κ3) is 5.02. The lowest BCUT2D eigenvalue weighted by Gasteiger charge is -2.10. The van der Waals surface area contributed by atoms with Gasteiger partial charge in [0.15, 0.2) is 19.0 Å². The van der Waals surface area contributed by atoms with Gasteiger partial charge in [0.05, 0.1) is 6.07 Å². The molecule has 0 saturated heterocycles. The first kappa shape index (κ1) is 17.4. The molecule has 0 aliphatic heterocycles. The number of benzene rings is 1. The van der Waals surface area contributed by atoms with E-state index >= 15 is 0 Å². The van der Waals surface area contributed by atoms with Crippen LogP contribution in [0.25, 0.3) is 0 Å². The van der Waals surface area contributed by atoms with Crippen molar-refractivity contribution in [3.63, 3.8) is 0 Å². The maximum absolute atomic E-state index is 11.6. The molecule has 0 fully saturated rings. The van der Waals surface area contributed by atoms with Crippen molar-refractivity contribution in [1.29, 1.82) is 10.7 Å². The summed E-state index contributed by atoms with van der Waals surface area (Å²) in [7, 11) is 0. The Bertz CT molecular complexity index is 632. The standard InChI is InChI=1S/C16H18N2O4/c1-10-4-5-11(2)15(6-10)21-9-16(20)22-8-14(19)13(7-17)12(3)18/h4-6,13,18H,8-9H2,1-3H3/t13-/m1/s1. The summed E-state index contributed by atoms with van der Waals surface area (Å²) in [6.07, 6.45) is 0. The van der Waals surface area contributed by atoms with Crippen molar-refractivity contribution in [3.8, 4) is 11.8 Å². The van der Waals surface area contributed by atoms with Crippen LogP contribution < -0.4 is 4.74 Å². The van der Waals surface area contributed by atoms with Crippen LogP contribution in [0, 0.1) is 36.5 Å². The zero-order valence-electron chi connectivity index (χ0n) is 12.8. The van der Waals surface area contributed by atoms with Gasteiger partial charge in [0.1, 0.15) is 11.7 Å². The number of Topliss-reactive ketones (excluding diaryl/α,β-unsaturated/α-hetero) is 1. The lowest BCUT2D eigenvalue weighted by atomic mass is 10.0. The fourth-order valence-electron chi connectivity index (χ4n) is 1.69. The van der Waals surface area contributed by atoms with Gasteiger partial charge in [-0.15, -0.1) is 0 Å². The molecule has 1 atom stereocenters. The van der Waals surface area contributed by atoms with Crippen molar-refractivity contribution in [1.82, 2.24) is 0 Å². The first-order valence-corrected chi connectivity index (χ1v) is 6.68. The van der Waals surface area contributed by atoms with Crippen LogP contribution in [0.2, 0.25) is 0 Å². The summed E-state index contributed by atoms with van der Waals surface area (Å²) in [6, 6.07) is 7.31. The van der Waals surface area contributed by atoms with Crippen LogP contribution in [0.15, 0.2) is 18.2 Å². The minimum Gasteiger partial charge on any atom is -0.482 e. The van der Waals surface area contributed by atoms with Crippen molar-refractivity contribution in [2.45, 2.75) is 20.8 Å². The Balaban J connectivity index is 2.47. The van der Waals surface area contributed by atoms with E-state index in [1.807, 2.05) is 26.0 Å². The van der Waals surface area contributed by atoms with E-state index in [9.17, 15) is 9.59 Å². The van der Waals surface area contributed by atoms with Crippen LogP contribution in [-0.2, 0) is 14.3 Å². The molecule has 6 nitrogen and oxygen atoms in total. The summed E-state index contributed by atoms with van der Waals surface area (Å²) in [5, 5.41) is 16.1. The van der Waals surface area contributed by atoms with Crippen LogP contribution in [0.3, 0.4) is 0 Å². The first-order chi connectivity index (χ1) is 10.3. The highest BCUT2D eigenvalue weighted by Gasteiger charge is 2.21. The normalized spacial score (nSPS) is 11.2. The summed E-state index contributed by atoms with van der Waals surface area (Å²) in [5.41, 5.74) is 1.82. The highest BCUT2D eigenvalue weighted by atomic mass is 16.6. The predicted octanol–water partition coefficient (Wildman–Crippen LogP) is 1.97. The summed E-state index contributed by atoms with van der Waals surface area (Å²) in [4.78, 5) is 23.2. The Morgan fingerprint density at radius 2 is 2.00 bits per heavy atom. The molecule has 0 bridgehead atoms. The molecule has 22 heavy (non-hydrogen) atoms. The molecule has 116 valence electrons. The van der Waals surface area contributed by atoms with Crippen molar-refractivity contribution in [2.24, 2.45) is 5.92 Å². The average Bonchev–Trinajstić information content (AvgIpc) is 2.46. The molecule has 1 aromatic rings. The molecule has 0 amide bonds. The zero-order chi connectivity index (χ0) is 16.7. The number of ketones is 1. The van der Waals surface area contributed by atoms with Crippen LogP contribution in [0.1, 0.15) is 18.1 Å². The Morgan fingerprint density at radius 3 is 2.59 bits per heavy atom. The third-order valence-electron chi connectivity index (χ3n) is 2.95. The fraction of sp³-hybridized carbons (Fsp3) is 0.375. The van der Waals surface area contributed by atoms with E-state index in [2.05, 4.69) is 0 Å². The number of esters is 1. The number of aryl methyl sites for hydroxylation is 2. The van der Waals surface area contributed by atoms with Crippen molar-refractivity contribution in [2.75, 3.05) is 13.2 Å². The molecular formula is C16H18N2O4. The molecule has 1 N–H and O–H groups in total. The number of rotatable bonds is 7. The van der Waals surface area contributed by atoms with Gasteiger partial charge in [-0.25, -0.2) is 4.79 Å². The Hall–Kier alpha value is -2.68. The number of nitriles is 1. The molecule has 0 radical (unpaired) electrons. The van der Waals surface area contributed by atoms with Gasteiger partial charge in [-0.1, -0.05) is 12.1 Å². The van der Waals surface area contributed by atoms with Crippen LogP contribution in [0.4, 0.5) is 0 Å². The lowest BCUT2D eigenvalue weighted by molar-refractivity contribution is -0.150. The van der Waals surface area contributed by atoms with E-state index in [-0.39, 0.29) is 12.3 Å². The molecule has 1 aromatic carbocycles. The molecule has 0 saturated carbocycles. The number of hydrogen-bond acceptors (Lipinski definition) is 6. The second kappa shape index (κ2) is 7.93. The van der Waals surface area contributed by atoms with Crippen molar-refractivity contribution >= 4 is 17.5 Å². The minimum absolute atomic E-state index is 0.0739. The second-order valence-corrected chi connectivity index (χ2v) is 4.93. The van der Waals surface area contributed by atoms with E-state index < -0.39 is 24.3 Å². The maximum atomic E-state index is 11.6. The van der Waals surface area contributed by atoms with E-state index in [4.69, 9.17) is 20.1 Å². The first-order valence-electron chi connectivity index (χ1n) is 6.68. The summed E-state index contributed by atoms with van der Waals surface area (Å²) < 4.78 is 10.1. The maximum Gasteiger partial charge on any atom is 0.344 e. The van der Waals surface area contributed by atoms with Gasteiger partial charge in [-0.2, -0.15) is 5.26 Å². The summed E-state index contributed by atoms with van der Waals surface area (Å²) in [6.45, 7) is 4.26. The highest BCUT2D eigenvalue weighted by molar-refractivity contribution is 6.06. The number of carbonyl (C=O) groups is 2. The lowest BCUT2D eigenvalue weighted by Crippen LogP contribution is -2.27. The zero-order valence-corrected chi connectivity index (χ0v) is 12.8. The number of ether oxygens (including phenoxy) is 2. The van der Waals surface area contributed by atoms with Gasteiger partial charge in [-0.3, -0.25) is 4.79 Å². The predicted molar refractivity (Wildman–Crippen MR) is 79.9 cm³/mol. The average molecular weight is 302 g/mol. The second-order valence-electron chi connectivity index (χ2n) is 4.93. The van der Waals surface area contributed by atoms with Gasteiger partial charge >= 0.3 is 5.97 Å². The Kier molecular flexibility index (Phi) is 6.26. The van der Waals surface area contributed by atoms with Crippen LogP contribution >= 0.6 is 0 Å².